The SMILES string of the molecule is O=C1N[C@H]2C[C@H]1[C@H](O)[C@H]2O. The van der Waals surface area contributed by atoms with Gasteiger partial charge in [-0.25, -0.2) is 0 Å². The fourth-order valence-corrected chi connectivity index (χ4v) is 1.72. The topological polar surface area (TPSA) is 69.6 Å². The minimum Gasteiger partial charge on any atom is -0.390 e. The Balaban J connectivity index is 2.24. The Morgan fingerprint density at radius 1 is 1.40 bits per heavy atom. The van der Waals surface area contributed by atoms with Gasteiger partial charge in [-0.05, 0) is 6.42 Å². The average Bonchev–Trinajstić information content (AvgIpc) is 2.36. The number of aliphatic hydroxyl groups excluding tert-OH is 2. The summed E-state index contributed by atoms with van der Waals surface area (Å²) in [6, 6.07) is -0.201. The van der Waals surface area contributed by atoms with Gasteiger partial charge < -0.3 is 15.5 Å². The van der Waals surface area contributed by atoms with E-state index in [0.29, 0.717) is 6.42 Å². The van der Waals surface area contributed by atoms with E-state index in [1.165, 1.54) is 0 Å². The van der Waals surface area contributed by atoms with Crippen LogP contribution in [0.15, 0.2) is 0 Å². The van der Waals surface area contributed by atoms with Gasteiger partial charge in [-0.2, -0.15) is 0 Å². The molecule has 4 heteroatoms. The summed E-state index contributed by atoms with van der Waals surface area (Å²) in [6.07, 6.45) is -0.998. The Hall–Kier alpha value is -0.610. The molecule has 0 radical (unpaired) electrons. The van der Waals surface area contributed by atoms with Gasteiger partial charge in [-0.1, -0.05) is 0 Å². The number of piperidine rings is 1. The quantitative estimate of drug-likeness (QED) is 0.375. The van der Waals surface area contributed by atoms with Gasteiger partial charge in [0, 0.05) is 0 Å². The van der Waals surface area contributed by atoms with Crippen molar-refractivity contribution in [1.82, 2.24) is 5.32 Å². The van der Waals surface area contributed by atoms with Gasteiger partial charge in [0.25, 0.3) is 0 Å². The third-order valence-electron chi connectivity index (χ3n) is 2.35. The molecule has 2 bridgehead atoms. The molecule has 10 heavy (non-hydrogen) atoms. The second kappa shape index (κ2) is 1.71. The maximum atomic E-state index is 10.8. The molecule has 3 N–H and O–H groups in total. The third kappa shape index (κ3) is 0.552. The summed E-state index contributed by atoms with van der Waals surface area (Å²) in [7, 11) is 0. The summed E-state index contributed by atoms with van der Waals surface area (Å²) in [5.41, 5.74) is 0. The van der Waals surface area contributed by atoms with Crippen molar-refractivity contribution in [2.75, 3.05) is 0 Å². The predicted molar refractivity (Wildman–Crippen MR) is 32.1 cm³/mol. The number of carbonyl (C=O) groups is 1. The first-order chi connectivity index (χ1) is 4.70. The number of fused-ring (bicyclic) bond motifs is 2. The molecule has 1 saturated carbocycles. The monoisotopic (exact) mass is 143 g/mol. The second-order valence-electron chi connectivity index (χ2n) is 2.94. The molecule has 0 aromatic heterocycles. The molecule has 4 nitrogen and oxygen atoms in total. The van der Waals surface area contributed by atoms with E-state index in [1.807, 2.05) is 0 Å². The Bertz CT molecular complexity index is 180. The van der Waals surface area contributed by atoms with Crippen molar-refractivity contribution >= 4 is 5.91 Å². The summed E-state index contributed by atoms with van der Waals surface area (Å²) in [4.78, 5) is 10.8. The number of aliphatic hydroxyl groups is 2. The van der Waals surface area contributed by atoms with E-state index in [9.17, 15) is 4.79 Å². The van der Waals surface area contributed by atoms with Crippen LogP contribution in [-0.2, 0) is 4.79 Å². The highest BCUT2D eigenvalue weighted by atomic mass is 16.3. The molecule has 1 aliphatic heterocycles. The van der Waals surface area contributed by atoms with Crippen LogP contribution < -0.4 is 5.32 Å². The zero-order valence-corrected chi connectivity index (χ0v) is 5.32. The maximum absolute atomic E-state index is 10.8. The van der Waals surface area contributed by atoms with Crippen LogP contribution in [0.3, 0.4) is 0 Å². The van der Waals surface area contributed by atoms with Crippen LogP contribution in [0.2, 0.25) is 0 Å². The number of hydrogen-bond donors (Lipinski definition) is 3. The molecule has 0 aromatic rings. The minimum atomic E-state index is -0.834. The van der Waals surface area contributed by atoms with Crippen molar-refractivity contribution < 1.29 is 15.0 Å². The number of amides is 1. The largest absolute Gasteiger partial charge is 0.390 e. The van der Waals surface area contributed by atoms with Gasteiger partial charge >= 0.3 is 0 Å². The maximum Gasteiger partial charge on any atom is 0.226 e. The highest BCUT2D eigenvalue weighted by molar-refractivity contribution is 5.83. The minimum absolute atomic E-state index is 0.122. The van der Waals surface area contributed by atoms with Crippen LogP contribution in [0.5, 0.6) is 0 Å². The normalized spacial score (nSPS) is 51.6. The lowest BCUT2D eigenvalue weighted by Gasteiger charge is -2.22. The fourth-order valence-electron chi connectivity index (χ4n) is 1.72. The van der Waals surface area contributed by atoms with Crippen molar-refractivity contribution in [2.24, 2.45) is 5.92 Å². The van der Waals surface area contributed by atoms with Crippen LogP contribution in [0.25, 0.3) is 0 Å². The lowest BCUT2D eigenvalue weighted by molar-refractivity contribution is -0.131. The number of carbonyl (C=O) groups excluding carboxylic acids is 1. The lowest BCUT2D eigenvalue weighted by atomic mass is 10.1. The molecule has 1 amide bonds. The van der Waals surface area contributed by atoms with Gasteiger partial charge in [0.1, 0.15) is 6.10 Å². The van der Waals surface area contributed by atoms with Crippen LogP contribution >= 0.6 is 0 Å². The first-order valence-electron chi connectivity index (χ1n) is 3.36. The van der Waals surface area contributed by atoms with Crippen molar-refractivity contribution in [3.05, 3.63) is 0 Å². The van der Waals surface area contributed by atoms with E-state index in [1.54, 1.807) is 0 Å². The molecule has 4 atom stereocenters. The molecule has 2 aliphatic rings. The summed E-state index contributed by atoms with van der Waals surface area (Å²) < 4.78 is 0. The van der Waals surface area contributed by atoms with Gasteiger partial charge in [0.2, 0.25) is 5.91 Å². The fraction of sp³-hybridized carbons (Fsp3) is 0.833. The zero-order chi connectivity index (χ0) is 7.30. The Morgan fingerprint density at radius 2 is 2.10 bits per heavy atom. The van der Waals surface area contributed by atoms with Crippen LogP contribution in [0, 0.1) is 5.92 Å². The lowest BCUT2D eigenvalue weighted by Crippen LogP contribution is -2.48. The highest BCUT2D eigenvalue weighted by Gasteiger charge is 2.51. The smallest absolute Gasteiger partial charge is 0.226 e. The number of nitrogens with one attached hydrogen (secondary N) is 1. The average molecular weight is 143 g/mol. The molecule has 1 heterocycles. The predicted octanol–water partition coefficient (Wildman–Crippen LogP) is -1.77. The van der Waals surface area contributed by atoms with Crippen LogP contribution in [0.4, 0.5) is 0 Å². The highest BCUT2D eigenvalue weighted by Crippen LogP contribution is 2.32. The molecule has 1 aliphatic carbocycles. The Labute approximate surface area is 57.9 Å². The summed E-state index contributed by atoms with van der Waals surface area (Å²) in [6.45, 7) is 0. The first kappa shape index (κ1) is 6.12. The van der Waals surface area contributed by atoms with E-state index >= 15 is 0 Å². The van der Waals surface area contributed by atoms with Gasteiger partial charge in [0.05, 0.1) is 18.1 Å². The van der Waals surface area contributed by atoms with Gasteiger partial charge in [0.15, 0.2) is 0 Å². The van der Waals surface area contributed by atoms with Crippen molar-refractivity contribution in [3.63, 3.8) is 0 Å². The van der Waals surface area contributed by atoms with E-state index in [2.05, 4.69) is 5.32 Å². The van der Waals surface area contributed by atoms with Gasteiger partial charge in [-0.3, -0.25) is 4.79 Å². The zero-order valence-electron chi connectivity index (χ0n) is 5.32. The van der Waals surface area contributed by atoms with Crippen LogP contribution in [0.1, 0.15) is 6.42 Å². The molecule has 0 spiro atoms. The van der Waals surface area contributed by atoms with Crippen LogP contribution in [-0.4, -0.2) is 34.4 Å². The molecular formula is C6H9NO3. The van der Waals surface area contributed by atoms with E-state index in [4.69, 9.17) is 10.2 Å². The third-order valence-corrected chi connectivity index (χ3v) is 2.35. The standard InChI is InChI=1S/C6H9NO3/c8-4-2-1-3(5(4)9)7-6(2)10/h2-5,8-9H,1H2,(H,7,10)/t2-,3-,4-,5-/m0/s1. The molecule has 2 fully saturated rings. The van der Waals surface area contributed by atoms with E-state index in [0.717, 1.165) is 0 Å². The van der Waals surface area contributed by atoms with Crippen molar-refractivity contribution in [2.45, 2.75) is 24.7 Å². The molecular weight excluding hydrogens is 134 g/mol. The molecule has 0 aromatic carbocycles. The Kier molecular flexibility index (Phi) is 1.04. The molecule has 0 unspecified atom stereocenters. The number of hydrogen-bond acceptors (Lipinski definition) is 3. The summed E-state index contributed by atoms with van der Waals surface area (Å²) in [5.74, 6) is -0.484. The Morgan fingerprint density at radius 3 is 2.50 bits per heavy atom. The summed E-state index contributed by atoms with van der Waals surface area (Å²) in [5, 5.41) is 20.9. The number of rotatable bonds is 0. The van der Waals surface area contributed by atoms with Crippen molar-refractivity contribution in [3.8, 4) is 0 Å². The van der Waals surface area contributed by atoms with E-state index < -0.39 is 12.2 Å². The molecule has 2 rings (SSSR count). The second-order valence-corrected chi connectivity index (χ2v) is 2.94. The molecule has 1 saturated heterocycles. The molecule has 56 valence electrons. The van der Waals surface area contributed by atoms with E-state index in [-0.39, 0.29) is 17.9 Å². The van der Waals surface area contributed by atoms with Crippen molar-refractivity contribution in [1.29, 1.82) is 0 Å². The summed E-state index contributed by atoms with van der Waals surface area (Å²) >= 11 is 0. The first-order valence-corrected chi connectivity index (χ1v) is 3.36. The van der Waals surface area contributed by atoms with Gasteiger partial charge in [-0.15, -0.1) is 0 Å².